The molecule has 7 nitrogen and oxygen atoms in total. The molecule has 0 spiro atoms. The normalized spacial score (nSPS) is 16.1. The zero-order valence-electron chi connectivity index (χ0n) is 16.4. The lowest BCUT2D eigenvalue weighted by atomic mass is 10.1. The molecule has 0 radical (unpaired) electrons. The molecule has 0 bridgehead atoms. The van der Waals surface area contributed by atoms with Crippen molar-refractivity contribution < 1.29 is 14.0 Å². The molecular formula is C21H24FN5O2. The lowest BCUT2D eigenvalue weighted by Gasteiger charge is -2.20. The summed E-state index contributed by atoms with van der Waals surface area (Å²) >= 11 is 0. The molecule has 1 aliphatic rings. The fraction of sp³-hybridized carbons (Fsp3) is 0.286. The molecule has 1 aliphatic heterocycles. The van der Waals surface area contributed by atoms with Crippen LogP contribution in [0.15, 0.2) is 53.6 Å². The van der Waals surface area contributed by atoms with E-state index in [1.165, 1.54) is 34.8 Å². The maximum Gasteiger partial charge on any atom is 0.267 e. The standard InChI is InChI=1S/C21H24FN5O2/c1-26(2)13-15-5-3-14(4-6-15)12-24-21(29)18-11-19(20(23)28)27(25-18)17-9-7-16(22)8-10-17/h3-10,19H,11-13H2,1-2H3,(H2,23,28)(H,24,29). The van der Waals surface area contributed by atoms with E-state index in [0.29, 0.717) is 12.2 Å². The molecule has 3 N–H and O–H groups in total. The predicted molar refractivity (Wildman–Crippen MR) is 110 cm³/mol. The van der Waals surface area contributed by atoms with E-state index in [-0.39, 0.29) is 18.0 Å². The highest BCUT2D eigenvalue weighted by molar-refractivity contribution is 6.40. The number of nitrogens with one attached hydrogen (secondary N) is 1. The van der Waals surface area contributed by atoms with E-state index in [1.54, 1.807) is 0 Å². The quantitative estimate of drug-likeness (QED) is 0.743. The van der Waals surface area contributed by atoms with Gasteiger partial charge in [-0.2, -0.15) is 5.10 Å². The Morgan fingerprint density at radius 3 is 2.34 bits per heavy atom. The number of carbonyl (C=O) groups is 2. The number of rotatable bonds is 7. The van der Waals surface area contributed by atoms with Crippen molar-refractivity contribution in [2.45, 2.75) is 25.6 Å². The first kappa shape index (κ1) is 20.5. The molecule has 0 saturated heterocycles. The first-order valence-corrected chi connectivity index (χ1v) is 9.26. The van der Waals surface area contributed by atoms with Crippen molar-refractivity contribution in [3.8, 4) is 0 Å². The molecule has 152 valence electrons. The molecule has 1 unspecified atom stereocenters. The molecule has 2 aromatic carbocycles. The fourth-order valence-electron chi connectivity index (χ4n) is 3.11. The molecule has 0 aromatic heterocycles. The molecule has 0 aliphatic carbocycles. The van der Waals surface area contributed by atoms with Crippen molar-refractivity contribution in [3.05, 3.63) is 65.5 Å². The van der Waals surface area contributed by atoms with E-state index in [1.807, 2.05) is 38.4 Å². The highest BCUT2D eigenvalue weighted by atomic mass is 19.1. The monoisotopic (exact) mass is 397 g/mol. The van der Waals surface area contributed by atoms with E-state index in [0.717, 1.165) is 12.1 Å². The SMILES string of the molecule is CN(C)Cc1ccc(CNC(=O)C2=NN(c3ccc(F)cc3)C(C(N)=O)C2)cc1. The lowest BCUT2D eigenvalue weighted by molar-refractivity contribution is -0.119. The van der Waals surface area contributed by atoms with Gasteiger partial charge in [0, 0.05) is 19.5 Å². The maximum absolute atomic E-state index is 13.2. The zero-order valence-corrected chi connectivity index (χ0v) is 16.4. The third kappa shape index (κ3) is 5.17. The van der Waals surface area contributed by atoms with Gasteiger partial charge in [0.2, 0.25) is 5.91 Å². The van der Waals surface area contributed by atoms with Crippen LogP contribution in [0.5, 0.6) is 0 Å². The first-order valence-electron chi connectivity index (χ1n) is 9.26. The van der Waals surface area contributed by atoms with Crippen molar-refractivity contribution in [1.82, 2.24) is 10.2 Å². The molecule has 1 heterocycles. The van der Waals surface area contributed by atoms with Crippen molar-refractivity contribution in [2.24, 2.45) is 10.8 Å². The third-order valence-corrected chi connectivity index (χ3v) is 4.57. The number of anilines is 1. The Balaban J connectivity index is 1.66. The minimum absolute atomic E-state index is 0.0975. The minimum Gasteiger partial charge on any atom is -0.368 e. The van der Waals surface area contributed by atoms with Crippen LogP contribution in [0.2, 0.25) is 0 Å². The van der Waals surface area contributed by atoms with Crippen LogP contribution in [0.3, 0.4) is 0 Å². The second-order valence-corrected chi connectivity index (χ2v) is 7.23. The van der Waals surface area contributed by atoms with Crippen LogP contribution in [0.25, 0.3) is 0 Å². The Bertz CT molecular complexity index is 910. The summed E-state index contributed by atoms with van der Waals surface area (Å²) in [6, 6.07) is 12.7. The molecule has 0 fully saturated rings. The Morgan fingerprint density at radius 2 is 1.76 bits per heavy atom. The van der Waals surface area contributed by atoms with Crippen LogP contribution in [0.4, 0.5) is 10.1 Å². The average molecular weight is 397 g/mol. The van der Waals surface area contributed by atoms with Crippen LogP contribution < -0.4 is 16.1 Å². The summed E-state index contributed by atoms with van der Waals surface area (Å²) in [7, 11) is 4.01. The molecule has 1 atom stereocenters. The second-order valence-electron chi connectivity index (χ2n) is 7.23. The minimum atomic E-state index is -0.786. The van der Waals surface area contributed by atoms with E-state index in [4.69, 9.17) is 5.73 Å². The van der Waals surface area contributed by atoms with Gasteiger partial charge in [-0.25, -0.2) is 4.39 Å². The summed E-state index contributed by atoms with van der Waals surface area (Å²) in [4.78, 5) is 26.4. The Labute approximate surface area is 169 Å². The highest BCUT2D eigenvalue weighted by Gasteiger charge is 2.34. The van der Waals surface area contributed by atoms with Crippen LogP contribution >= 0.6 is 0 Å². The summed E-state index contributed by atoms with van der Waals surface area (Å²) in [5.74, 6) is -1.36. The zero-order chi connectivity index (χ0) is 21.0. The first-order chi connectivity index (χ1) is 13.8. The molecule has 2 aromatic rings. The van der Waals surface area contributed by atoms with Gasteiger partial charge < -0.3 is 16.0 Å². The number of hydrogen-bond donors (Lipinski definition) is 2. The van der Waals surface area contributed by atoms with Gasteiger partial charge >= 0.3 is 0 Å². The van der Waals surface area contributed by atoms with E-state index in [2.05, 4.69) is 15.3 Å². The van der Waals surface area contributed by atoms with Gasteiger partial charge in [0.15, 0.2) is 0 Å². The lowest BCUT2D eigenvalue weighted by Crippen LogP contribution is -2.39. The van der Waals surface area contributed by atoms with Crippen molar-refractivity contribution in [1.29, 1.82) is 0 Å². The van der Waals surface area contributed by atoms with Gasteiger partial charge in [-0.15, -0.1) is 0 Å². The largest absolute Gasteiger partial charge is 0.368 e. The van der Waals surface area contributed by atoms with Crippen molar-refractivity contribution in [3.63, 3.8) is 0 Å². The number of benzene rings is 2. The molecule has 29 heavy (non-hydrogen) atoms. The van der Waals surface area contributed by atoms with Crippen LogP contribution in [-0.2, 0) is 22.7 Å². The summed E-state index contributed by atoms with van der Waals surface area (Å²) in [6.07, 6.45) is 0.0975. The highest BCUT2D eigenvalue weighted by Crippen LogP contribution is 2.25. The Kier molecular flexibility index (Phi) is 6.23. The van der Waals surface area contributed by atoms with Crippen molar-refractivity contribution in [2.75, 3.05) is 19.1 Å². The van der Waals surface area contributed by atoms with Gasteiger partial charge in [-0.3, -0.25) is 14.6 Å². The number of hydrazone groups is 1. The number of carbonyl (C=O) groups excluding carboxylic acids is 2. The van der Waals surface area contributed by atoms with Crippen LogP contribution in [-0.4, -0.2) is 42.6 Å². The molecule has 8 heteroatoms. The summed E-state index contributed by atoms with van der Waals surface area (Å²) in [6.45, 7) is 1.19. The second kappa shape index (κ2) is 8.83. The number of primary amides is 1. The topological polar surface area (TPSA) is 91.0 Å². The number of hydrogen-bond acceptors (Lipinski definition) is 5. The number of halogens is 1. The third-order valence-electron chi connectivity index (χ3n) is 4.57. The summed E-state index contributed by atoms with van der Waals surface area (Å²) in [5.41, 5.74) is 8.32. The van der Waals surface area contributed by atoms with Gasteiger partial charge in [-0.1, -0.05) is 24.3 Å². The smallest absolute Gasteiger partial charge is 0.267 e. The molecular weight excluding hydrogens is 373 g/mol. The average Bonchev–Trinajstić information content (AvgIpc) is 3.13. The molecule has 3 rings (SSSR count). The molecule has 0 saturated carbocycles. The number of amides is 2. The molecule has 2 amide bonds. The van der Waals surface area contributed by atoms with E-state index < -0.39 is 17.8 Å². The maximum atomic E-state index is 13.2. The van der Waals surface area contributed by atoms with E-state index in [9.17, 15) is 14.0 Å². The summed E-state index contributed by atoms with van der Waals surface area (Å²) < 4.78 is 13.2. The predicted octanol–water partition coefficient (Wildman–Crippen LogP) is 1.62. The fourth-order valence-corrected chi connectivity index (χ4v) is 3.11. The van der Waals surface area contributed by atoms with Crippen LogP contribution in [0.1, 0.15) is 17.5 Å². The van der Waals surface area contributed by atoms with E-state index >= 15 is 0 Å². The van der Waals surface area contributed by atoms with Crippen LogP contribution in [0, 0.1) is 5.82 Å². The van der Waals surface area contributed by atoms with Gasteiger partial charge in [0.05, 0.1) is 5.69 Å². The Morgan fingerprint density at radius 1 is 1.14 bits per heavy atom. The Hall–Kier alpha value is -3.26. The van der Waals surface area contributed by atoms with Crippen molar-refractivity contribution >= 4 is 23.2 Å². The van der Waals surface area contributed by atoms with Gasteiger partial charge in [-0.05, 0) is 49.5 Å². The van der Waals surface area contributed by atoms with Gasteiger partial charge in [0.1, 0.15) is 17.6 Å². The number of nitrogens with two attached hydrogens (primary N) is 1. The van der Waals surface area contributed by atoms with Gasteiger partial charge in [0.25, 0.3) is 5.91 Å². The summed E-state index contributed by atoms with van der Waals surface area (Å²) in [5, 5.41) is 8.45. The number of nitrogens with zero attached hydrogens (tertiary/aromatic N) is 3.